The van der Waals surface area contributed by atoms with Crippen molar-refractivity contribution in [1.82, 2.24) is 4.57 Å². The Hall–Kier alpha value is -1.80. The van der Waals surface area contributed by atoms with Crippen LogP contribution in [0, 0.1) is 0 Å². The summed E-state index contributed by atoms with van der Waals surface area (Å²) < 4.78 is 1.57. The highest BCUT2D eigenvalue weighted by atomic mass is 35.5. The fraction of sp³-hybridized carbons (Fsp3) is 0.0714. The summed E-state index contributed by atoms with van der Waals surface area (Å²) in [5, 5.41) is 0.567. The van der Waals surface area contributed by atoms with E-state index in [-0.39, 0.29) is 5.56 Å². The molecule has 2 rings (SSSR count). The lowest BCUT2D eigenvalue weighted by Crippen LogP contribution is -2.16. The minimum atomic E-state index is -0.0490. The SMILES string of the molecule is O=c1ccc(Cl)cn1CC=Cc1ccccc1. The molecule has 0 bridgehead atoms. The van der Waals surface area contributed by atoms with E-state index in [0.717, 1.165) is 5.56 Å². The molecule has 0 atom stereocenters. The van der Waals surface area contributed by atoms with Crippen LogP contribution in [0.4, 0.5) is 0 Å². The molecule has 0 fully saturated rings. The number of rotatable bonds is 3. The minimum Gasteiger partial charge on any atom is -0.310 e. The molecule has 0 radical (unpaired) electrons. The summed E-state index contributed by atoms with van der Waals surface area (Å²) in [5.41, 5.74) is 1.06. The lowest BCUT2D eigenvalue weighted by molar-refractivity contribution is 0.781. The second-order valence-electron chi connectivity index (χ2n) is 3.65. The van der Waals surface area contributed by atoms with Crippen LogP contribution in [-0.4, -0.2) is 4.57 Å². The van der Waals surface area contributed by atoms with Gasteiger partial charge in [-0.2, -0.15) is 0 Å². The van der Waals surface area contributed by atoms with Gasteiger partial charge in [-0.15, -0.1) is 0 Å². The molecule has 0 saturated carbocycles. The zero-order chi connectivity index (χ0) is 12.1. The van der Waals surface area contributed by atoms with Gasteiger partial charge in [0.25, 0.3) is 5.56 Å². The third-order valence-electron chi connectivity index (χ3n) is 2.36. The summed E-state index contributed by atoms with van der Waals surface area (Å²) in [6, 6.07) is 13.0. The van der Waals surface area contributed by atoms with Gasteiger partial charge in [0.15, 0.2) is 0 Å². The van der Waals surface area contributed by atoms with Crippen molar-refractivity contribution in [1.29, 1.82) is 0 Å². The van der Waals surface area contributed by atoms with E-state index in [9.17, 15) is 4.79 Å². The number of halogens is 1. The van der Waals surface area contributed by atoms with Crippen LogP contribution < -0.4 is 5.56 Å². The van der Waals surface area contributed by atoms with Crippen molar-refractivity contribution in [3.05, 3.63) is 75.7 Å². The van der Waals surface area contributed by atoms with Crippen LogP contribution in [0.25, 0.3) is 6.08 Å². The Bertz CT molecular complexity index is 572. The molecular formula is C14H12ClNO. The molecule has 2 nitrogen and oxygen atoms in total. The van der Waals surface area contributed by atoms with Crippen molar-refractivity contribution in [2.24, 2.45) is 0 Å². The van der Waals surface area contributed by atoms with Gasteiger partial charge in [-0.05, 0) is 11.6 Å². The number of allylic oxidation sites excluding steroid dienone is 1. The molecule has 86 valence electrons. The van der Waals surface area contributed by atoms with E-state index in [2.05, 4.69) is 0 Å². The second kappa shape index (κ2) is 5.51. The van der Waals surface area contributed by atoms with Crippen molar-refractivity contribution in [2.75, 3.05) is 0 Å². The molecule has 0 saturated heterocycles. The number of hydrogen-bond acceptors (Lipinski definition) is 1. The van der Waals surface area contributed by atoms with E-state index in [4.69, 9.17) is 11.6 Å². The lowest BCUT2D eigenvalue weighted by atomic mass is 10.2. The zero-order valence-corrected chi connectivity index (χ0v) is 9.97. The molecule has 0 aliphatic rings. The van der Waals surface area contributed by atoms with Crippen molar-refractivity contribution < 1.29 is 0 Å². The van der Waals surface area contributed by atoms with E-state index in [1.807, 2.05) is 42.5 Å². The molecule has 0 spiro atoms. The first-order chi connectivity index (χ1) is 8.25. The molecular weight excluding hydrogens is 234 g/mol. The van der Waals surface area contributed by atoms with Crippen LogP contribution in [0.3, 0.4) is 0 Å². The van der Waals surface area contributed by atoms with Crippen LogP contribution in [0.1, 0.15) is 5.56 Å². The van der Waals surface area contributed by atoms with Crippen LogP contribution >= 0.6 is 11.6 Å². The summed E-state index contributed by atoms with van der Waals surface area (Å²) in [7, 11) is 0. The Morgan fingerprint density at radius 1 is 1.12 bits per heavy atom. The molecule has 2 aromatic rings. The molecule has 0 aliphatic heterocycles. The Balaban J connectivity index is 2.10. The van der Waals surface area contributed by atoms with E-state index in [1.165, 1.54) is 6.07 Å². The number of benzene rings is 1. The molecule has 1 aromatic carbocycles. The smallest absolute Gasteiger partial charge is 0.250 e. The monoisotopic (exact) mass is 245 g/mol. The number of hydrogen-bond donors (Lipinski definition) is 0. The van der Waals surface area contributed by atoms with Gasteiger partial charge < -0.3 is 4.57 Å². The first-order valence-corrected chi connectivity index (χ1v) is 5.71. The standard InChI is InChI=1S/C14H12ClNO/c15-13-8-9-14(17)16(11-13)10-4-7-12-5-2-1-3-6-12/h1-9,11H,10H2. The fourth-order valence-corrected chi connectivity index (χ4v) is 1.69. The van der Waals surface area contributed by atoms with E-state index in [0.29, 0.717) is 11.6 Å². The molecule has 1 heterocycles. The van der Waals surface area contributed by atoms with Gasteiger partial charge in [0, 0.05) is 18.8 Å². The van der Waals surface area contributed by atoms with Gasteiger partial charge in [-0.25, -0.2) is 0 Å². The summed E-state index contributed by atoms with van der Waals surface area (Å²) in [6.45, 7) is 0.522. The maximum absolute atomic E-state index is 11.5. The Kier molecular flexibility index (Phi) is 3.78. The highest BCUT2D eigenvalue weighted by Crippen LogP contribution is 2.04. The largest absolute Gasteiger partial charge is 0.310 e. The lowest BCUT2D eigenvalue weighted by Gasteiger charge is -2.01. The third-order valence-corrected chi connectivity index (χ3v) is 2.58. The average Bonchev–Trinajstić information content (AvgIpc) is 2.35. The van der Waals surface area contributed by atoms with Crippen molar-refractivity contribution >= 4 is 17.7 Å². The van der Waals surface area contributed by atoms with Crippen molar-refractivity contribution in [3.8, 4) is 0 Å². The van der Waals surface area contributed by atoms with E-state index >= 15 is 0 Å². The molecule has 3 heteroatoms. The third kappa shape index (κ3) is 3.33. The number of pyridine rings is 1. The van der Waals surface area contributed by atoms with Crippen LogP contribution in [0.2, 0.25) is 5.02 Å². The Morgan fingerprint density at radius 3 is 2.65 bits per heavy atom. The topological polar surface area (TPSA) is 22.0 Å². The number of aromatic nitrogens is 1. The van der Waals surface area contributed by atoms with Gasteiger partial charge in [0.2, 0.25) is 0 Å². The van der Waals surface area contributed by atoms with Gasteiger partial charge in [0.1, 0.15) is 0 Å². The molecule has 0 amide bonds. The fourth-order valence-electron chi connectivity index (χ4n) is 1.51. The number of nitrogens with zero attached hydrogens (tertiary/aromatic N) is 1. The van der Waals surface area contributed by atoms with Gasteiger partial charge in [-0.1, -0.05) is 54.1 Å². The zero-order valence-electron chi connectivity index (χ0n) is 9.21. The summed E-state index contributed by atoms with van der Waals surface area (Å²) in [6.07, 6.45) is 5.56. The highest BCUT2D eigenvalue weighted by molar-refractivity contribution is 6.30. The predicted molar refractivity (Wildman–Crippen MR) is 71.2 cm³/mol. The van der Waals surface area contributed by atoms with Crippen LogP contribution in [-0.2, 0) is 6.54 Å². The van der Waals surface area contributed by atoms with Crippen molar-refractivity contribution in [2.45, 2.75) is 6.54 Å². The highest BCUT2D eigenvalue weighted by Gasteiger charge is 1.94. The quantitative estimate of drug-likeness (QED) is 0.814. The van der Waals surface area contributed by atoms with Crippen LogP contribution in [0.15, 0.2) is 59.5 Å². The van der Waals surface area contributed by atoms with E-state index < -0.39 is 0 Å². The molecule has 0 aliphatic carbocycles. The van der Waals surface area contributed by atoms with Crippen LogP contribution in [0.5, 0.6) is 0 Å². The van der Waals surface area contributed by atoms with Gasteiger partial charge >= 0.3 is 0 Å². The summed E-state index contributed by atoms with van der Waals surface area (Å²) >= 11 is 5.83. The first kappa shape index (κ1) is 11.7. The van der Waals surface area contributed by atoms with Gasteiger partial charge in [-0.3, -0.25) is 4.79 Å². The van der Waals surface area contributed by atoms with Crippen molar-refractivity contribution in [3.63, 3.8) is 0 Å². The Morgan fingerprint density at radius 2 is 1.88 bits per heavy atom. The first-order valence-electron chi connectivity index (χ1n) is 5.33. The Labute approximate surface area is 105 Å². The average molecular weight is 246 g/mol. The molecule has 0 N–H and O–H groups in total. The normalized spacial score (nSPS) is 10.9. The maximum atomic E-state index is 11.5. The molecule has 0 unspecified atom stereocenters. The maximum Gasteiger partial charge on any atom is 0.250 e. The second-order valence-corrected chi connectivity index (χ2v) is 4.09. The summed E-state index contributed by atoms with van der Waals surface area (Å²) in [5.74, 6) is 0. The molecule has 1 aromatic heterocycles. The minimum absolute atomic E-state index is 0.0490. The molecule has 17 heavy (non-hydrogen) atoms. The predicted octanol–water partition coefficient (Wildman–Crippen LogP) is 3.22. The van der Waals surface area contributed by atoms with Gasteiger partial charge in [0.05, 0.1) is 5.02 Å². The van der Waals surface area contributed by atoms with E-state index in [1.54, 1.807) is 16.8 Å². The summed E-state index contributed by atoms with van der Waals surface area (Å²) in [4.78, 5) is 11.5.